The van der Waals surface area contributed by atoms with Gasteiger partial charge in [-0.15, -0.1) is 0 Å². The Hall–Kier alpha value is -1.41. The lowest BCUT2D eigenvalue weighted by Crippen LogP contribution is -2.27. The molecule has 2 aromatic rings. The Morgan fingerprint density at radius 1 is 1.37 bits per heavy atom. The molecule has 19 heavy (non-hydrogen) atoms. The monoisotopic (exact) mass is 297 g/mol. The molecule has 1 saturated heterocycles. The van der Waals surface area contributed by atoms with E-state index in [4.69, 9.17) is 11.6 Å². The van der Waals surface area contributed by atoms with Gasteiger partial charge in [-0.25, -0.2) is 4.98 Å². The molecule has 1 unspecified atom stereocenters. The lowest BCUT2D eigenvalue weighted by atomic mass is 10.2. The van der Waals surface area contributed by atoms with E-state index >= 15 is 0 Å². The van der Waals surface area contributed by atoms with Crippen LogP contribution in [0, 0.1) is 0 Å². The zero-order valence-electron chi connectivity index (χ0n) is 10.0. The van der Waals surface area contributed by atoms with Crippen molar-refractivity contribution in [3.05, 3.63) is 17.9 Å². The second-order valence-corrected chi connectivity index (χ2v) is 5.61. The third kappa shape index (κ3) is 3.13. The van der Waals surface area contributed by atoms with Crippen molar-refractivity contribution in [3.8, 4) is 5.95 Å². The summed E-state index contributed by atoms with van der Waals surface area (Å²) >= 11 is 7.85. The van der Waals surface area contributed by atoms with E-state index in [1.165, 1.54) is 29.5 Å². The molecule has 1 atom stereocenters. The highest BCUT2D eigenvalue weighted by molar-refractivity contribution is 7.99. The number of hydrogen-bond donors (Lipinski definition) is 1. The Kier molecular flexibility index (Phi) is 3.79. The molecular weight excluding hydrogens is 286 g/mol. The fourth-order valence-corrected chi connectivity index (χ4v) is 3.08. The molecule has 3 heterocycles. The topological polar surface area (TPSA) is 81.4 Å². The van der Waals surface area contributed by atoms with Crippen LogP contribution in [0.5, 0.6) is 0 Å². The van der Waals surface area contributed by atoms with Crippen molar-refractivity contribution in [2.45, 2.75) is 18.9 Å². The van der Waals surface area contributed by atoms with Gasteiger partial charge < -0.3 is 5.32 Å². The number of hydrogen-bond acceptors (Lipinski definition) is 7. The van der Waals surface area contributed by atoms with Gasteiger partial charge in [0.2, 0.25) is 11.2 Å². The van der Waals surface area contributed by atoms with Gasteiger partial charge >= 0.3 is 0 Å². The average molecular weight is 298 g/mol. The minimum Gasteiger partial charge on any atom is -0.350 e. The molecule has 0 aliphatic carbocycles. The molecule has 1 N–H and O–H groups in total. The molecule has 0 spiro atoms. The third-order valence-electron chi connectivity index (χ3n) is 2.71. The van der Waals surface area contributed by atoms with E-state index in [2.05, 4.69) is 30.4 Å². The molecule has 1 aliphatic rings. The van der Waals surface area contributed by atoms with Crippen LogP contribution in [0.25, 0.3) is 5.95 Å². The Morgan fingerprint density at radius 3 is 3.05 bits per heavy atom. The molecule has 2 aromatic heterocycles. The largest absolute Gasteiger partial charge is 0.350 e. The highest BCUT2D eigenvalue weighted by Gasteiger charge is 2.16. The number of rotatable bonds is 3. The summed E-state index contributed by atoms with van der Waals surface area (Å²) in [6.07, 6.45) is 5.26. The molecule has 3 rings (SSSR count). The number of aromatic nitrogens is 6. The summed E-state index contributed by atoms with van der Waals surface area (Å²) in [5.74, 6) is 3.13. The molecule has 1 aliphatic heterocycles. The lowest BCUT2D eigenvalue weighted by molar-refractivity contribution is 0.675. The fraction of sp³-hybridized carbons (Fsp3) is 0.500. The normalized spacial score (nSPS) is 19.3. The second kappa shape index (κ2) is 5.70. The van der Waals surface area contributed by atoms with Crippen molar-refractivity contribution >= 4 is 29.3 Å². The van der Waals surface area contributed by atoms with E-state index in [9.17, 15) is 0 Å². The average Bonchev–Trinajstić information content (AvgIpc) is 2.93. The predicted molar refractivity (Wildman–Crippen MR) is 73.7 cm³/mol. The highest BCUT2D eigenvalue weighted by Crippen LogP contribution is 2.20. The first-order valence-electron chi connectivity index (χ1n) is 5.92. The van der Waals surface area contributed by atoms with E-state index in [1.54, 1.807) is 0 Å². The minimum absolute atomic E-state index is 0.145. The Labute approximate surface area is 119 Å². The van der Waals surface area contributed by atoms with Crippen LogP contribution in [0.2, 0.25) is 5.28 Å². The Morgan fingerprint density at radius 2 is 2.32 bits per heavy atom. The van der Waals surface area contributed by atoms with Crippen molar-refractivity contribution in [1.82, 2.24) is 29.7 Å². The molecule has 0 saturated carbocycles. The number of nitrogens with one attached hydrogen (secondary N) is 1. The summed E-state index contributed by atoms with van der Waals surface area (Å²) in [4.78, 5) is 16.3. The van der Waals surface area contributed by atoms with E-state index in [-0.39, 0.29) is 5.28 Å². The van der Waals surface area contributed by atoms with Crippen LogP contribution < -0.4 is 5.32 Å². The van der Waals surface area contributed by atoms with Gasteiger partial charge in [0, 0.05) is 11.8 Å². The lowest BCUT2D eigenvalue weighted by Gasteiger charge is -2.22. The molecule has 0 amide bonds. The van der Waals surface area contributed by atoms with E-state index in [0.29, 0.717) is 17.9 Å². The van der Waals surface area contributed by atoms with Crippen LogP contribution in [-0.4, -0.2) is 47.3 Å². The smallest absolute Gasteiger partial charge is 0.258 e. The standard InChI is InChI=1S/C10H12ClN7S/c11-8-15-9(14-7-2-1-3-19-4-7)17-10(16-8)18-6-12-5-13-18/h5-7H,1-4H2,(H,14,15,16,17). The maximum Gasteiger partial charge on any atom is 0.258 e. The molecule has 100 valence electrons. The van der Waals surface area contributed by atoms with Crippen LogP contribution in [0.3, 0.4) is 0 Å². The first-order valence-corrected chi connectivity index (χ1v) is 7.45. The SMILES string of the molecule is Clc1nc(NC2CCCSC2)nc(-n2cncn2)n1. The zero-order chi connectivity index (χ0) is 13.1. The molecule has 9 heteroatoms. The first-order chi connectivity index (χ1) is 9.31. The molecule has 0 aromatic carbocycles. The van der Waals surface area contributed by atoms with Crippen molar-refractivity contribution < 1.29 is 0 Å². The van der Waals surface area contributed by atoms with E-state index in [0.717, 1.165) is 12.2 Å². The van der Waals surface area contributed by atoms with Gasteiger partial charge in [-0.2, -0.15) is 36.5 Å². The Balaban J connectivity index is 1.81. The molecule has 7 nitrogen and oxygen atoms in total. The van der Waals surface area contributed by atoms with Crippen LogP contribution in [0.1, 0.15) is 12.8 Å². The van der Waals surface area contributed by atoms with E-state index < -0.39 is 0 Å². The van der Waals surface area contributed by atoms with Gasteiger partial charge in [0.15, 0.2) is 0 Å². The van der Waals surface area contributed by atoms with Gasteiger partial charge in [-0.1, -0.05) is 0 Å². The Bertz CT molecular complexity index is 541. The number of halogens is 1. The first kappa shape index (κ1) is 12.6. The number of anilines is 1. The molecule has 1 fully saturated rings. The van der Waals surface area contributed by atoms with Crippen LogP contribution in [0.4, 0.5) is 5.95 Å². The third-order valence-corrected chi connectivity index (χ3v) is 4.10. The highest BCUT2D eigenvalue weighted by atomic mass is 35.5. The van der Waals surface area contributed by atoms with Crippen molar-refractivity contribution in [1.29, 1.82) is 0 Å². The molecule has 0 bridgehead atoms. The van der Waals surface area contributed by atoms with E-state index in [1.807, 2.05) is 11.8 Å². The predicted octanol–water partition coefficient (Wildman–Crippen LogP) is 1.41. The van der Waals surface area contributed by atoms with Crippen LogP contribution in [-0.2, 0) is 0 Å². The summed E-state index contributed by atoms with van der Waals surface area (Å²) in [5.41, 5.74) is 0. The number of thioether (sulfide) groups is 1. The second-order valence-electron chi connectivity index (χ2n) is 4.13. The summed E-state index contributed by atoms with van der Waals surface area (Å²) in [7, 11) is 0. The maximum atomic E-state index is 5.92. The van der Waals surface area contributed by atoms with Crippen LogP contribution >= 0.6 is 23.4 Å². The quantitative estimate of drug-likeness (QED) is 0.917. The van der Waals surface area contributed by atoms with Crippen molar-refractivity contribution in [3.63, 3.8) is 0 Å². The number of nitrogens with zero attached hydrogens (tertiary/aromatic N) is 6. The van der Waals surface area contributed by atoms with Crippen molar-refractivity contribution in [2.24, 2.45) is 0 Å². The van der Waals surface area contributed by atoms with Crippen LogP contribution in [0.15, 0.2) is 12.7 Å². The maximum absolute atomic E-state index is 5.92. The fourth-order valence-electron chi connectivity index (χ4n) is 1.86. The summed E-state index contributed by atoms with van der Waals surface area (Å²) < 4.78 is 1.45. The molecular formula is C10H12ClN7S. The van der Waals surface area contributed by atoms with Crippen molar-refractivity contribution in [2.75, 3.05) is 16.8 Å². The summed E-state index contributed by atoms with van der Waals surface area (Å²) in [5, 5.41) is 7.42. The zero-order valence-corrected chi connectivity index (χ0v) is 11.6. The van der Waals surface area contributed by atoms with Gasteiger partial charge in [0.05, 0.1) is 0 Å². The summed E-state index contributed by atoms with van der Waals surface area (Å²) in [6.45, 7) is 0. The van der Waals surface area contributed by atoms with Gasteiger partial charge in [-0.3, -0.25) is 0 Å². The summed E-state index contributed by atoms with van der Waals surface area (Å²) in [6, 6.07) is 0.376. The molecule has 0 radical (unpaired) electrons. The van der Waals surface area contributed by atoms with Gasteiger partial charge in [-0.05, 0) is 30.2 Å². The van der Waals surface area contributed by atoms with Gasteiger partial charge in [0.1, 0.15) is 12.7 Å². The van der Waals surface area contributed by atoms with Gasteiger partial charge in [0.25, 0.3) is 5.95 Å². The minimum atomic E-state index is 0.145.